The van der Waals surface area contributed by atoms with Gasteiger partial charge in [-0.1, -0.05) is 151 Å². The van der Waals surface area contributed by atoms with Gasteiger partial charge in [-0.3, -0.25) is 0 Å². The van der Waals surface area contributed by atoms with Crippen LogP contribution in [0.5, 0.6) is 11.5 Å². The summed E-state index contributed by atoms with van der Waals surface area (Å²) in [5, 5.41) is 6.64. The first-order valence-electron chi connectivity index (χ1n) is 40.4. The van der Waals surface area contributed by atoms with Crippen molar-refractivity contribution in [1.29, 1.82) is 0 Å². The molecule has 12 aromatic rings. The van der Waals surface area contributed by atoms with Gasteiger partial charge in [0.05, 0.1) is 37.6 Å². The maximum absolute atomic E-state index is 16.2. The number of carbonyl (C=O) groups excluding carboxylic acids is 2. The van der Waals surface area contributed by atoms with E-state index in [1.54, 1.807) is 72.8 Å². The van der Waals surface area contributed by atoms with Crippen LogP contribution in [0.15, 0.2) is 170 Å². The van der Waals surface area contributed by atoms with Gasteiger partial charge >= 0.3 is 47.5 Å². The summed E-state index contributed by atoms with van der Waals surface area (Å²) in [6, 6.07) is 48.1. The lowest BCUT2D eigenvalue weighted by Crippen LogP contribution is -2.48. The van der Waals surface area contributed by atoms with Crippen molar-refractivity contribution in [2.45, 2.75) is 193 Å². The minimum atomic E-state index is -5.74. The number of halogens is 12. The Hall–Kier alpha value is -9.22. The molecule has 6 nitrogen and oxygen atoms in total. The first kappa shape index (κ1) is 85.2. The molecule has 618 valence electrons. The van der Waals surface area contributed by atoms with Crippen molar-refractivity contribution in [3.05, 3.63) is 234 Å². The minimum Gasteiger partial charge on any atom is -0.494 e. The van der Waals surface area contributed by atoms with E-state index in [1.807, 2.05) is 0 Å². The van der Waals surface area contributed by atoms with Crippen LogP contribution in [0, 0.1) is 27.7 Å². The maximum atomic E-state index is 16.2. The third-order valence-electron chi connectivity index (χ3n) is 22.7. The van der Waals surface area contributed by atoms with E-state index in [0.29, 0.717) is 105 Å². The molecule has 0 saturated carbocycles. The average molecular weight is 1700 g/mol. The first-order chi connectivity index (χ1) is 56.5. The number of hydrogen-bond donors (Lipinski definition) is 0. The zero-order valence-corrected chi connectivity index (χ0v) is 69.6. The first-order valence-corrected chi connectivity index (χ1v) is 43.7. The standard InChI is InChI=1S/C96H90F12O6S4/c1-7-9-11-13-15-19-49-111-71-43-37-65(38-44-71)81-55-77(59(5)117-81)87-85(91(97,98)95(105,106)93(87,101)102)75-53-79(115-57(75)3)63-27-33-69(34-28-63)89(109)113-51-21-17-23-61-25-31-67-42-48-74-62(26-32-68-41-47-73(61)83(67)84(68)74)24-18-22-52-114-90(110)70-35-29-64(30-36-70)80-54-76(58(4)116-80)86-88(94(103,104)96(107,108)92(86,99)100)78-56-82(118-60(78)6)66-39-45-72(46-40-66)112-50-20-16-14-12-10-8-2/h25-48,53-56H,7-24,49-52H2,1-6H3. The van der Waals surface area contributed by atoms with E-state index in [2.05, 4.69) is 62.4 Å². The number of hydrogen-bond acceptors (Lipinski definition) is 10. The molecule has 0 amide bonds. The Kier molecular flexibility index (Phi) is 25.4. The summed E-state index contributed by atoms with van der Waals surface area (Å²) >= 11 is 4.07. The van der Waals surface area contributed by atoms with E-state index in [-0.39, 0.29) is 55.0 Å². The smallest absolute Gasteiger partial charge is 0.380 e. The molecule has 22 heteroatoms. The van der Waals surface area contributed by atoms with E-state index in [9.17, 15) is 9.59 Å². The summed E-state index contributed by atoms with van der Waals surface area (Å²) in [7, 11) is 0. The molecule has 0 spiro atoms. The fourth-order valence-corrected chi connectivity index (χ4v) is 20.3. The zero-order valence-electron chi connectivity index (χ0n) is 66.3. The van der Waals surface area contributed by atoms with Crippen LogP contribution in [0.1, 0.15) is 190 Å². The third-order valence-corrected chi connectivity index (χ3v) is 27.1. The molecule has 0 N–H and O–H groups in total. The SMILES string of the molecule is CCCCCCCCOc1ccc(-c2cc(C3=C(c4cc(-c5ccc(C(=O)OCCCCc6ccc7ccc8c(CCCCOC(=O)c9ccc(-c%10cc(C%11=C(c%12cc(-c%13ccc(OCCCCCCCC)cc%13)sc%12C)C(F)(F)C(F)(F)C%11(F)F)c(C)s%10)cc9)ccc9ccc6c7c98)cc5)sc4C)C(F)(F)C(F)(F)C3(F)F)c(C)s2)cc1. The molecule has 118 heavy (non-hydrogen) atoms. The molecule has 0 atom stereocenters. The van der Waals surface area contributed by atoms with E-state index in [0.717, 1.165) is 140 Å². The number of unbranched alkanes of at least 4 members (excludes halogenated alkanes) is 12. The summed E-state index contributed by atoms with van der Waals surface area (Å²) in [4.78, 5) is 29.0. The molecular weight excluding hydrogens is 1610 g/mol. The van der Waals surface area contributed by atoms with Gasteiger partial charge in [0.2, 0.25) is 0 Å². The second kappa shape index (κ2) is 35.2. The molecule has 4 aromatic heterocycles. The molecule has 0 aliphatic heterocycles. The number of benzene rings is 8. The molecule has 0 fully saturated rings. The van der Waals surface area contributed by atoms with Crippen LogP contribution in [0.25, 0.3) is 96.4 Å². The monoisotopic (exact) mass is 1690 g/mol. The molecule has 0 saturated heterocycles. The van der Waals surface area contributed by atoms with Gasteiger partial charge in [0.15, 0.2) is 0 Å². The van der Waals surface area contributed by atoms with Gasteiger partial charge in [-0.2, -0.15) is 52.7 Å². The van der Waals surface area contributed by atoms with E-state index >= 15 is 52.7 Å². The second-order valence-electron chi connectivity index (χ2n) is 30.8. The number of thiophene rings is 4. The van der Waals surface area contributed by atoms with Gasteiger partial charge in [-0.05, 0) is 264 Å². The van der Waals surface area contributed by atoms with Gasteiger partial charge in [0.1, 0.15) is 11.5 Å². The lowest BCUT2D eigenvalue weighted by molar-refractivity contribution is -0.254. The summed E-state index contributed by atoms with van der Waals surface area (Å²) < 4.78 is 215. The number of carbonyl (C=O) groups is 2. The lowest BCUT2D eigenvalue weighted by atomic mass is 9.88. The van der Waals surface area contributed by atoms with Crippen molar-refractivity contribution >= 4 is 112 Å². The highest BCUT2D eigenvalue weighted by Crippen LogP contribution is 2.68. The highest BCUT2D eigenvalue weighted by Gasteiger charge is 2.82. The van der Waals surface area contributed by atoms with Gasteiger partial charge in [-0.25, -0.2) is 9.59 Å². The van der Waals surface area contributed by atoms with Crippen LogP contribution < -0.4 is 9.47 Å². The number of alkyl halides is 12. The van der Waals surface area contributed by atoms with Crippen molar-refractivity contribution in [1.82, 2.24) is 0 Å². The average Bonchev–Trinajstić information content (AvgIpc) is 1.46. The van der Waals surface area contributed by atoms with Crippen LogP contribution in [-0.2, 0) is 22.3 Å². The Bertz CT molecular complexity index is 5320. The topological polar surface area (TPSA) is 71.1 Å². The van der Waals surface area contributed by atoms with Crippen LogP contribution >= 0.6 is 45.3 Å². The number of aryl methyl sites for hydroxylation is 6. The molecule has 0 radical (unpaired) electrons. The number of allylic oxidation sites excluding steroid dienone is 4. The van der Waals surface area contributed by atoms with Crippen LogP contribution in [0.4, 0.5) is 52.7 Å². The Morgan fingerprint density at radius 3 is 0.890 bits per heavy atom. The molecule has 2 aliphatic rings. The number of ether oxygens (including phenoxy) is 4. The van der Waals surface area contributed by atoms with Gasteiger partial charge in [-0.15, -0.1) is 45.3 Å². The molecule has 0 unspecified atom stereocenters. The normalized spacial score (nSPS) is 15.8. The van der Waals surface area contributed by atoms with E-state index in [1.165, 1.54) is 102 Å². The molecule has 0 bridgehead atoms. The number of esters is 2. The van der Waals surface area contributed by atoms with Crippen molar-refractivity contribution in [3.8, 4) is 53.3 Å². The third kappa shape index (κ3) is 16.5. The molecular formula is C96H90F12O6S4. The second-order valence-corrected chi connectivity index (χ2v) is 35.8. The van der Waals surface area contributed by atoms with Crippen LogP contribution in [0.3, 0.4) is 0 Å². The van der Waals surface area contributed by atoms with E-state index in [4.69, 9.17) is 18.9 Å². The Morgan fingerprint density at radius 2 is 0.585 bits per heavy atom. The summed E-state index contributed by atoms with van der Waals surface area (Å²) in [5.41, 5.74) is -2.51. The van der Waals surface area contributed by atoms with Gasteiger partial charge in [0.25, 0.3) is 0 Å². The van der Waals surface area contributed by atoms with Crippen LogP contribution in [0.2, 0.25) is 0 Å². The summed E-state index contributed by atoms with van der Waals surface area (Å²) in [6.45, 7) is 11.4. The highest BCUT2D eigenvalue weighted by atomic mass is 32.1. The summed E-state index contributed by atoms with van der Waals surface area (Å²) in [5.74, 6) is -32.4. The van der Waals surface area contributed by atoms with Gasteiger partial charge < -0.3 is 18.9 Å². The largest absolute Gasteiger partial charge is 0.494 e. The van der Waals surface area contributed by atoms with Crippen LogP contribution in [-0.4, -0.2) is 73.9 Å². The highest BCUT2D eigenvalue weighted by molar-refractivity contribution is 7.16. The Labute approximate surface area is 694 Å². The zero-order chi connectivity index (χ0) is 83.6. The van der Waals surface area contributed by atoms with Gasteiger partial charge in [0, 0.05) is 61.3 Å². The van der Waals surface area contributed by atoms with Crippen molar-refractivity contribution in [3.63, 3.8) is 0 Å². The molecule has 14 rings (SSSR count). The maximum Gasteiger partial charge on any atom is 0.380 e. The Balaban J connectivity index is 0.568. The minimum absolute atomic E-state index is 0.118. The predicted octanol–water partition coefficient (Wildman–Crippen LogP) is 30.2. The van der Waals surface area contributed by atoms with Crippen molar-refractivity contribution in [2.24, 2.45) is 0 Å². The van der Waals surface area contributed by atoms with Crippen molar-refractivity contribution < 1.29 is 81.2 Å². The molecule has 4 heterocycles. The van der Waals surface area contributed by atoms with Crippen molar-refractivity contribution in [2.75, 3.05) is 26.4 Å². The Morgan fingerprint density at radius 1 is 0.314 bits per heavy atom. The quantitative estimate of drug-likeness (QED) is 0.0169. The number of rotatable bonds is 36. The fraction of sp³-hybridized carbons (Fsp3) is 0.354. The summed E-state index contributed by atoms with van der Waals surface area (Å²) in [6.07, 6.45) is 17.0. The van der Waals surface area contributed by atoms with E-state index < -0.39 is 80.9 Å². The predicted molar refractivity (Wildman–Crippen MR) is 456 cm³/mol. The lowest BCUT2D eigenvalue weighted by Gasteiger charge is -2.25. The molecule has 2 aliphatic carbocycles. The fourth-order valence-electron chi connectivity index (χ4n) is 16.2. The molecule has 8 aromatic carbocycles.